The molecule has 140 valence electrons. The standard InChI is InChI=1S/C22H19FN4O/c1-3-21(28)25-17-9-15-10-19(14-5-7-16(23)8-6-14)26-22(15)18(11-17)20-12-27(4-2)13-24-20/h3,5-13,26H,1,4H2,2H3,(H,25,28). The number of carbonyl (C=O) groups excluding carboxylic acids is 1. The summed E-state index contributed by atoms with van der Waals surface area (Å²) in [5.41, 5.74) is 4.96. The molecule has 0 spiro atoms. The van der Waals surface area contributed by atoms with Crippen LogP contribution in [0.1, 0.15) is 6.92 Å². The average molecular weight is 374 g/mol. The molecule has 2 heterocycles. The summed E-state index contributed by atoms with van der Waals surface area (Å²) in [5.74, 6) is -0.557. The Hall–Kier alpha value is -3.67. The van der Waals surface area contributed by atoms with E-state index in [4.69, 9.17) is 0 Å². The number of anilines is 1. The number of carbonyl (C=O) groups is 1. The predicted octanol–water partition coefficient (Wildman–Crippen LogP) is 4.98. The fraction of sp³-hybridized carbons (Fsp3) is 0.0909. The number of hydrogen-bond donors (Lipinski definition) is 2. The van der Waals surface area contributed by atoms with Crippen molar-refractivity contribution in [1.82, 2.24) is 14.5 Å². The normalized spacial score (nSPS) is 10.9. The molecule has 1 amide bonds. The molecule has 2 N–H and O–H groups in total. The molecular weight excluding hydrogens is 355 g/mol. The highest BCUT2D eigenvalue weighted by Crippen LogP contribution is 2.34. The Morgan fingerprint density at radius 2 is 2.07 bits per heavy atom. The van der Waals surface area contributed by atoms with Crippen LogP contribution in [0.4, 0.5) is 10.1 Å². The lowest BCUT2D eigenvalue weighted by atomic mass is 10.1. The first kappa shape index (κ1) is 17.7. The number of fused-ring (bicyclic) bond motifs is 1. The van der Waals surface area contributed by atoms with Crippen molar-refractivity contribution in [1.29, 1.82) is 0 Å². The fourth-order valence-electron chi connectivity index (χ4n) is 3.17. The highest BCUT2D eigenvalue weighted by molar-refractivity contribution is 6.04. The monoisotopic (exact) mass is 374 g/mol. The Labute approximate surface area is 161 Å². The molecule has 5 nitrogen and oxygen atoms in total. The maximum absolute atomic E-state index is 13.3. The van der Waals surface area contributed by atoms with E-state index in [1.807, 2.05) is 35.9 Å². The Balaban J connectivity index is 1.89. The van der Waals surface area contributed by atoms with Gasteiger partial charge in [0.25, 0.3) is 0 Å². The zero-order valence-electron chi connectivity index (χ0n) is 15.4. The Kier molecular flexibility index (Phi) is 4.53. The van der Waals surface area contributed by atoms with E-state index in [0.29, 0.717) is 5.69 Å². The van der Waals surface area contributed by atoms with Crippen LogP contribution in [0.2, 0.25) is 0 Å². The highest BCUT2D eigenvalue weighted by Gasteiger charge is 2.14. The van der Waals surface area contributed by atoms with Gasteiger partial charge < -0.3 is 14.9 Å². The lowest BCUT2D eigenvalue weighted by Gasteiger charge is -2.07. The van der Waals surface area contributed by atoms with Crippen molar-refractivity contribution in [3.63, 3.8) is 0 Å². The van der Waals surface area contributed by atoms with Crippen LogP contribution in [-0.4, -0.2) is 20.4 Å². The fourth-order valence-corrected chi connectivity index (χ4v) is 3.17. The lowest BCUT2D eigenvalue weighted by molar-refractivity contribution is -0.111. The van der Waals surface area contributed by atoms with Crippen LogP contribution in [0.5, 0.6) is 0 Å². The minimum absolute atomic E-state index is 0.278. The Morgan fingerprint density at radius 3 is 2.75 bits per heavy atom. The van der Waals surface area contributed by atoms with E-state index in [9.17, 15) is 9.18 Å². The van der Waals surface area contributed by atoms with E-state index in [0.717, 1.165) is 40.0 Å². The van der Waals surface area contributed by atoms with Gasteiger partial charge in [-0.1, -0.05) is 6.58 Å². The molecule has 0 aliphatic rings. The zero-order chi connectivity index (χ0) is 19.7. The molecule has 0 aliphatic carbocycles. The molecule has 0 bridgehead atoms. The topological polar surface area (TPSA) is 62.7 Å². The SMILES string of the molecule is C=CC(=O)Nc1cc(-c2cn(CC)cn2)c2[nH]c(-c3ccc(F)cc3)cc2c1. The Bertz CT molecular complexity index is 1170. The van der Waals surface area contributed by atoms with Crippen molar-refractivity contribution in [2.24, 2.45) is 0 Å². The van der Waals surface area contributed by atoms with Crippen LogP contribution in [0.3, 0.4) is 0 Å². The lowest BCUT2D eigenvalue weighted by Crippen LogP contribution is -2.07. The molecule has 2 aromatic heterocycles. The van der Waals surface area contributed by atoms with Crippen LogP contribution in [-0.2, 0) is 11.3 Å². The van der Waals surface area contributed by atoms with Crippen LogP contribution < -0.4 is 5.32 Å². The predicted molar refractivity (Wildman–Crippen MR) is 109 cm³/mol. The molecule has 0 atom stereocenters. The van der Waals surface area contributed by atoms with Crippen LogP contribution in [0.25, 0.3) is 33.4 Å². The molecule has 0 radical (unpaired) electrons. The van der Waals surface area contributed by atoms with Gasteiger partial charge in [-0.2, -0.15) is 0 Å². The molecule has 6 heteroatoms. The third-order valence-corrected chi connectivity index (χ3v) is 4.61. The quantitative estimate of drug-likeness (QED) is 0.484. The highest BCUT2D eigenvalue weighted by atomic mass is 19.1. The first-order valence-corrected chi connectivity index (χ1v) is 8.95. The van der Waals surface area contributed by atoms with Gasteiger partial charge >= 0.3 is 0 Å². The third kappa shape index (κ3) is 3.32. The van der Waals surface area contributed by atoms with Gasteiger partial charge in [0.1, 0.15) is 5.82 Å². The van der Waals surface area contributed by atoms with Crippen LogP contribution in [0.15, 0.2) is 67.6 Å². The van der Waals surface area contributed by atoms with E-state index in [1.54, 1.807) is 18.5 Å². The summed E-state index contributed by atoms with van der Waals surface area (Å²) in [7, 11) is 0. The molecule has 0 fully saturated rings. The number of imidazole rings is 1. The minimum atomic E-state index is -0.279. The summed E-state index contributed by atoms with van der Waals surface area (Å²) in [6, 6.07) is 12.1. The van der Waals surface area contributed by atoms with Crippen molar-refractivity contribution in [2.75, 3.05) is 5.32 Å². The summed E-state index contributed by atoms with van der Waals surface area (Å²) in [6.45, 7) is 6.36. The first-order valence-electron chi connectivity index (χ1n) is 8.95. The number of hydrogen-bond acceptors (Lipinski definition) is 2. The number of rotatable bonds is 5. The zero-order valence-corrected chi connectivity index (χ0v) is 15.4. The summed E-state index contributed by atoms with van der Waals surface area (Å²) >= 11 is 0. The van der Waals surface area contributed by atoms with Crippen molar-refractivity contribution >= 4 is 22.5 Å². The number of halogens is 1. The van der Waals surface area contributed by atoms with E-state index in [2.05, 4.69) is 21.9 Å². The van der Waals surface area contributed by atoms with Gasteiger partial charge in [0, 0.05) is 35.1 Å². The molecule has 0 saturated carbocycles. The maximum atomic E-state index is 13.3. The molecule has 2 aromatic carbocycles. The summed E-state index contributed by atoms with van der Waals surface area (Å²) < 4.78 is 15.3. The number of aromatic amines is 1. The number of aryl methyl sites for hydroxylation is 1. The molecule has 4 rings (SSSR count). The number of benzene rings is 2. The summed E-state index contributed by atoms with van der Waals surface area (Å²) in [5, 5.41) is 3.73. The minimum Gasteiger partial charge on any atom is -0.354 e. The summed E-state index contributed by atoms with van der Waals surface area (Å²) in [6.07, 6.45) is 4.98. The van der Waals surface area contributed by atoms with E-state index >= 15 is 0 Å². The van der Waals surface area contributed by atoms with Gasteiger partial charge in [0.15, 0.2) is 0 Å². The number of amides is 1. The smallest absolute Gasteiger partial charge is 0.247 e. The van der Waals surface area contributed by atoms with E-state index < -0.39 is 0 Å². The second kappa shape index (κ2) is 7.15. The number of nitrogens with zero attached hydrogens (tertiary/aromatic N) is 2. The molecule has 0 aliphatic heterocycles. The Morgan fingerprint density at radius 1 is 1.29 bits per heavy atom. The second-order valence-corrected chi connectivity index (χ2v) is 6.46. The number of H-pyrrole nitrogens is 1. The van der Waals surface area contributed by atoms with E-state index in [-0.39, 0.29) is 11.7 Å². The average Bonchev–Trinajstić information content (AvgIpc) is 3.34. The summed E-state index contributed by atoms with van der Waals surface area (Å²) in [4.78, 5) is 19.7. The van der Waals surface area contributed by atoms with E-state index in [1.165, 1.54) is 18.2 Å². The van der Waals surface area contributed by atoms with Gasteiger partial charge in [0.2, 0.25) is 5.91 Å². The van der Waals surface area contributed by atoms with Crippen molar-refractivity contribution in [2.45, 2.75) is 13.5 Å². The van der Waals surface area contributed by atoms with Crippen LogP contribution in [0, 0.1) is 5.82 Å². The van der Waals surface area contributed by atoms with Crippen LogP contribution >= 0.6 is 0 Å². The van der Waals surface area contributed by atoms with Crippen molar-refractivity contribution in [3.8, 4) is 22.5 Å². The van der Waals surface area contributed by atoms with Gasteiger partial charge in [-0.05, 0) is 61.0 Å². The van der Waals surface area contributed by atoms with Gasteiger partial charge in [-0.3, -0.25) is 4.79 Å². The maximum Gasteiger partial charge on any atom is 0.247 e. The van der Waals surface area contributed by atoms with Gasteiger partial charge in [-0.15, -0.1) is 0 Å². The third-order valence-electron chi connectivity index (χ3n) is 4.61. The molecule has 28 heavy (non-hydrogen) atoms. The number of nitrogens with one attached hydrogen (secondary N) is 2. The molecule has 0 saturated heterocycles. The van der Waals surface area contributed by atoms with Crippen molar-refractivity contribution in [3.05, 3.63) is 73.5 Å². The molecular formula is C22H19FN4O. The largest absolute Gasteiger partial charge is 0.354 e. The second-order valence-electron chi connectivity index (χ2n) is 6.46. The molecule has 0 unspecified atom stereocenters. The van der Waals surface area contributed by atoms with Gasteiger partial charge in [0.05, 0.1) is 17.5 Å². The molecule has 4 aromatic rings. The van der Waals surface area contributed by atoms with Gasteiger partial charge in [-0.25, -0.2) is 9.37 Å². The first-order chi connectivity index (χ1) is 13.6. The number of aromatic nitrogens is 3. The van der Waals surface area contributed by atoms with Crippen molar-refractivity contribution < 1.29 is 9.18 Å².